The number of alkyl halides is 3. The van der Waals surface area contributed by atoms with Crippen molar-refractivity contribution in [2.45, 2.75) is 44.9 Å². The van der Waals surface area contributed by atoms with Gasteiger partial charge in [-0.2, -0.15) is 13.2 Å². The van der Waals surface area contributed by atoms with Crippen LogP contribution in [0.25, 0.3) is 0 Å². The summed E-state index contributed by atoms with van der Waals surface area (Å²) in [7, 11) is 0. The Hall–Kier alpha value is -0.780. The minimum Gasteiger partial charge on any atom is -0.481 e. The largest absolute Gasteiger partial charge is 0.481 e. The summed E-state index contributed by atoms with van der Waals surface area (Å²) < 4.78 is 35.6. The standard InChI is InChI=1S/C8H14F3NO2/c1-5(3-7(13)14)12-6(2)4-8(9,10)11/h5-6,12H,3-4H2,1-2H3,(H,13,14). The van der Waals surface area contributed by atoms with E-state index in [0.717, 1.165) is 0 Å². The highest BCUT2D eigenvalue weighted by atomic mass is 19.4. The molecule has 3 nitrogen and oxygen atoms in total. The maximum Gasteiger partial charge on any atom is 0.390 e. The van der Waals surface area contributed by atoms with Crippen LogP contribution in [0.3, 0.4) is 0 Å². The van der Waals surface area contributed by atoms with Gasteiger partial charge in [0.25, 0.3) is 0 Å². The first-order chi connectivity index (χ1) is 6.20. The molecule has 2 N–H and O–H groups in total. The molecule has 14 heavy (non-hydrogen) atoms. The minimum absolute atomic E-state index is 0.178. The van der Waals surface area contributed by atoms with E-state index in [1.165, 1.54) is 6.92 Å². The van der Waals surface area contributed by atoms with Crippen LogP contribution in [0.2, 0.25) is 0 Å². The van der Waals surface area contributed by atoms with Crippen molar-refractivity contribution < 1.29 is 23.1 Å². The molecule has 0 aliphatic rings. The Morgan fingerprint density at radius 2 is 1.86 bits per heavy atom. The number of rotatable bonds is 5. The van der Waals surface area contributed by atoms with Crippen molar-refractivity contribution in [3.8, 4) is 0 Å². The normalized spacial score (nSPS) is 16.4. The van der Waals surface area contributed by atoms with Gasteiger partial charge in [0.05, 0.1) is 12.8 Å². The topological polar surface area (TPSA) is 49.3 Å². The maximum absolute atomic E-state index is 11.9. The first kappa shape index (κ1) is 13.2. The van der Waals surface area contributed by atoms with E-state index in [1.807, 2.05) is 0 Å². The molecule has 0 saturated carbocycles. The third-order valence-corrected chi connectivity index (χ3v) is 1.59. The second kappa shape index (κ2) is 5.19. The molecule has 0 amide bonds. The number of aliphatic carboxylic acids is 1. The Labute approximate surface area is 80.3 Å². The van der Waals surface area contributed by atoms with E-state index >= 15 is 0 Å². The molecule has 0 aromatic heterocycles. The van der Waals surface area contributed by atoms with Gasteiger partial charge >= 0.3 is 12.1 Å². The zero-order chi connectivity index (χ0) is 11.4. The van der Waals surface area contributed by atoms with Crippen LogP contribution in [0, 0.1) is 0 Å². The van der Waals surface area contributed by atoms with Gasteiger partial charge in [-0.15, -0.1) is 0 Å². The fraction of sp³-hybridized carbons (Fsp3) is 0.875. The van der Waals surface area contributed by atoms with E-state index in [2.05, 4.69) is 5.32 Å². The number of carboxylic acid groups (broad SMARTS) is 1. The number of hydrogen-bond acceptors (Lipinski definition) is 2. The van der Waals surface area contributed by atoms with Gasteiger partial charge in [-0.3, -0.25) is 4.79 Å². The van der Waals surface area contributed by atoms with Gasteiger partial charge in [-0.25, -0.2) is 0 Å². The van der Waals surface area contributed by atoms with E-state index in [4.69, 9.17) is 5.11 Å². The van der Waals surface area contributed by atoms with Gasteiger partial charge in [-0.05, 0) is 13.8 Å². The summed E-state index contributed by atoms with van der Waals surface area (Å²) in [6, 6.07) is -1.21. The average molecular weight is 213 g/mol. The molecular weight excluding hydrogens is 199 g/mol. The molecule has 6 heteroatoms. The lowest BCUT2D eigenvalue weighted by atomic mass is 10.1. The van der Waals surface area contributed by atoms with Crippen molar-refractivity contribution in [3.63, 3.8) is 0 Å². The summed E-state index contributed by atoms with van der Waals surface area (Å²) in [6.07, 6.45) is -5.34. The highest BCUT2D eigenvalue weighted by molar-refractivity contribution is 5.67. The minimum atomic E-state index is -4.21. The highest BCUT2D eigenvalue weighted by Crippen LogP contribution is 2.21. The molecule has 0 aromatic rings. The Bertz CT molecular complexity index is 194. The number of nitrogens with one attached hydrogen (secondary N) is 1. The van der Waals surface area contributed by atoms with Crippen LogP contribution in [0.15, 0.2) is 0 Å². The van der Waals surface area contributed by atoms with Crippen molar-refractivity contribution in [1.29, 1.82) is 0 Å². The zero-order valence-corrected chi connectivity index (χ0v) is 8.06. The number of halogens is 3. The second-order valence-electron chi connectivity index (χ2n) is 3.39. The molecule has 2 atom stereocenters. The van der Waals surface area contributed by atoms with E-state index in [9.17, 15) is 18.0 Å². The first-order valence-corrected chi connectivity index (χ1v) is 4.25. The number of hydrogen-bond donors (Lipinski definition) is 2. The molecule has 84 valence electrons. The van der Waals surface area contributed by atoms with E-state index in [-0.39, 0.29) is 6.42 Å². The molecular formula is C8H14F3NO2. The second-order valence-corrected chi connectivity index (χ2v) is 3.39. The van der Waals surface area contributed by atoms with E-state index in [1.54, 1.807) is 6.92 Å². The Morgan fingerprint density at radius 1 is 1.36 bits per heavy atom. The summed E-state index contributed by atoms with van der Waals surface area (Å²) in [5.74, 6) is -1.02. The monoisotopic (exact) mass is 213 g/mol. The van der Waals surface area contributed by atoms with Crippen molar-refractivity contribution in [2.75, 3.05) is 0 Å². The summed E-state index contributed by atoms with van der Waals surface area (Å²) >= 11 is 0. The summed E-state index contributed by atoms with van der Waals surface area (Å²) in [4.78, 5) is 10.2. The third-order valence-electron chi connectivity index (χ3n) is 1.59. The van der Waals surface area contributed by atoms with Crippen molar-refractivity contribution >= 4 is 5.97 Å². The quantitative estimate of drug-likeness (QED) is 0.731. The molecule has 2 unspecified atom stereocenters. The molecule has 0 rings (SSSR count). The fourth-order valence-electron chi connectivity index (χ4n) is 1.21. The van der Waals surface area contributed by atoms with Crippen LogP contribution in [0.5, 0.6) is 0 Å². The fourth-order valence-corrected chi connectivity index (χ4v) is 1.21. The zero-order valence-electron chi connectivity index (χ0n) is 8.06. The molecule has 0 bridgehead atoms. The Kier molecular flexibility index (Phi) is 4.90. The maximum atomic E-state index is 11.9. The molecule has 0 heterocycles. The summed E-state index contributed by atoms with van der Waals surface area (Å²) in [6.45, 7) is 2.92. The lowest BCUT2D eigenvalue weighted by molar-refractivity contribution is -0.140. The van der Waals surface area contributed by atoms with Gasteiger partial charge < -0.3 is 10.4 Å². The van der Waals surface area contributed by atoms with Gasteiger partial charge in [0.1, 0.15) is 0 Å². The van der Waals surface area contributed by atoms with Crippen molar-refractivity contribution in [3.05, 3.63) is 0 Å². The first-order valence-electron chi connectivity index (χ1n) is 4.25. The molecule has 0 aliphatic carbocycles. The average Bonchev–Trinajstić information content (AvgIpc) is 1.77. The summed E-state index contributed by atoms with van der Waals surface area (Å²) in [5.41, 5.74) is 0. The van der Waals surface area contributed by atoms with Crippen LogP contribution in [0.4, 0.5) is 13.2 Å². The summed E-state index contributed by atoms with van der Waals surface area (Å²) in [5, 5.41) is 10.9. The van der Waals surface area contributed by atoms with Gasteiger partial charge in [-0.1, -0.05) is 0 Å². The smallest absolute Gasteiger partial charge is 0.390 e. The third kappa shape index (κ3) is 7.85. The Balaban J connectivity index is 3.82. The number of carbonyl (C=O) groups is 1. The molecule has 0 radical (unpaired) electrons. The van der Waals surface area contributed by atoms with Gasteiger partial charge in [0.2, 0.25) is 0 Å². The molecule has 0 fully saturated rings. The lowest BCUT2D eigenvalue weighted by Gasteiger charge is -2.19. The highest BCUT2D eigenvalue weighted by Gasteiger charge is 2.30. The van der Waals surface area contributed by atoms with Crippen LogP contribution >= 0.6 is 0 Å². The van der Waals surface area contributed by atoms with Crippen molar-refractivity contribution in [2.24, 2.45) is 0 Å². The van der Waals surface area contributed by atoms with Crippen LogP contribution in [-0.2, 0) is 4.79 Å². The van der Waals surface area contributed by atoms with Crippen LogP contribution in [0.1, 0.15) is 26.7 Å². The molecule has 0 saturated heterocycles. The van der Waals surface area contributed by atoms with E-state index < -0.39 is 30.7 Å². The Morgan fingerprint density at radius 3 is 2.21 bits per heavy atom. The molecule has 0 aliphatic heterocycles. The predicted octanol–water partition coefficient (Wildman–Crippen LogP) is 1.78. The van der Waals surface area contributed by atoms with E-state index in [0.29, 0.717) is 0 Å². The number of carboxylic acids is 1. The SMILES string of the molecule is CC(CC(=O)O)NC(C)CC(F)(F)F. The molecule has 0 aromatic carbocycles. The van der Waals surface area contributed by atoms with Gasteiger partial charge in [0, 0.05) is 12.1 Å². The lowest BCUT2D eigenvalue weighted by Crippen LogP contribution is -2.38. The van der Waals surface area contributed by atoms with Crippen LogP contribution < -0.4 is 5.32 Å². The van der Waals surface area contributed by atoms with Crippen LogP contribution in [-0.4, -0.2) is 29.3 Å². The molecule has 0 spiro atoms. The van der Waals surface area contributed by atoms with Gasteiger partial charge in [0.15, 0.2) is 0 Å². The predicted molar refractivity (Wildman–Crippen MR) is 45.0 cm³/mol. The van der Waals surface area contributed by atoms with Crippen molar-refractivity contribution in [1.82, 2.24) is 5.32 Å².